The number of rotatable bonds is 5. The van der Waals surface area contributed by atoms with Crippen LogP contribution in [-0.4, -0.2) is 29.7 Å². The van der Waals surface area contributed by atoms with Crippen LogP contribution in [0.2, 0.25) is 0 Å². The average molecular weight is 307 g/mol. The number of carbonyl (C=O) groups is 1. The van der Waals surface area contributed by atoms with Gasteiger partial charge in [0.25, 0.3) is 10.0 Å². The Labute approximate surface area is 121 Å². The van der Waals surface area contributed by atoms with Crippen molar-refractivity contribution >= 4 is 27.8 Å². The normalized spacial score (nSPS) is 11.7. The highest BCUT2D eigenvalue weighted by Crippen LogP contribution is 2.19. The molecule has 1 aromatic heterocycles. The van der Waals surface area contributed by atoms with Gasteiger partial charge < -0.3 is 5.11 Å². The van der Waals surface area contributed by atoms with Crippen molar-refractivity contribution in [1.82, 2.24) is 10.2 Å². The number of sulfonamides is 1. The Morgan fingerprint density at radius 2 is 2.19 bits per heavy atom. The molecule has 0 aliphatic heterocycles. The maximum absolute atomic E-state index is 12.2. The van der Waals surface area contributed by atoms with Crippen LogP contribution in [0.4, 0.5) is 5.69 Å². The molecule has 2 aromatic rings. The Hall–Kier alpha value is -2.61. The van der Waals surface area contributed by atoms with Crippen molar-refractivity contribution in [3.63, 3.8) is 0 Å². The van der Waals surface area contributed by atoms with Gasteiger partial charge in [0.15, 0.2) is 0 Å². The predicted octanol–water partition coefficient (Wildman–Crippen LogP) is 1.62. The minimum Gasteiger partial charge on any atom is -0.478 e. The molecule has 0 fully saturated rings. The standard InChI is InChI=1S/C13H13N3O4S/c1-9-6-12(4-2-10(9)3-5-13(17)18)21(19,20)16-11-7-14-15-8-11/h2-8,16H,1H3,(H,14,15)(H,17,18). The van der Waals surface area contributed by atoms with E-state index in [4.69, 9.17) is 5.11 Å². The lowest BCUT2D eigenvalue weighted by atomic mass is 10.1. The summed E-state index contributed by atoms with van der Waals surface area (Å²) in [6, 6.07) is 4.44. The summed E-state index contributed by atoms with van der Waals surface area (Å²) in [4.78, 5) is 10.6. The summed E-state index contributed by atoms with van der Waals surface area (Å²) in [5.41, 5.74) is 1.63. The molecule has 21 heavy (non-hydrogen) atoms. The van der Waals surface area contributed by atoms with Crippen LogP contribution in [0.5, 0.6) is 0 Å². The van der Waals surface area contributed by atoms with E-state index in [9.17, 15) is 13.2 Å². The molecule has 0 amide bonds. The number of aliphatic carboxylic acids is 1. The molecule has 0 spiro atoms. The summed E-state index contributed by atoms with van der Waals surface area (Å²) in [6.07, 6.45) is 5.19. The van der Waals surface area contributed by atoms with Crippen LogP contribution in [0.25, 0.3) is 6.08 Å². The lowest BCUT2D eigenvalue weighted by molar-refractivity contribution is -0.131. The number of nitrogens with zero attached hydrogens (tertiary/aromatic N) is 1. The maximum atomic E-state index is 12.2. The Bertz CT molecular complexity index is 780. The van der Waals surface area contributed by atoms with E-state index < -0.39 is 16.0 Å². The second-order valence-electron chi connectivity index (χ2n) is 4.28. The number of hydrogen-bond acceptors (Lipinski definition) is 4. The van der Waals surface area contributed by atoms with Crippen LogP contribution in [-0.2, 0) is 14.8 Å². The van der Waals surface area contributed by atoms with Gasteiger partial charge in [-0.15, -0.1) is 0 Å². The highest BCUT2D eigenvalue weighted by atomic mass is 32.2. The minimum absolute atomic E-state index is 0.0914. The van der Waals surface area contributed by atoms with Gasteiger partial charge in [-0.05, 0) is 36.3 Å². The summed E-state index contributed by atoms with van der Waals surface area (Å²) in [7, 11) is -3.70. The number of nitrogens with one attached hydrogen (secondary N) is 2. The molecule has 0 saturated carbocycles. The average Bonchev–Trinajstić information content (AvgIpc) is 2.89. The van der Waals surface area contributed by atoms with E-state index in [1.54, 1.807) is 13.0 Å². The van der Waals surface area contributed by atoms with Gasteiger partial charge in [0, 0.05) is 12.3 Å². The fourth-order valence-electron chi connectivity index (χ4n) is 1.68. The summed E-state index contributed by atoms with van der Waals surface area (Å²) in [5.74, 6) is -1.06. The van der Waals surface area contributed by atoms with E-state index in [0.717, 1.165) is 6.08 Å². The zero-order valence-corrected chi connectivity index (χ0v) is 11.9. The van der Waals surface area contributed by atoms with E-state index >= 15 is 0 Å². The lowest BCUT2D eigenvalue weighted by Gasteiger charge is -2.08. The lowest BCUT2D eigenvalue weighted by Crippen LogP contribution is -2.12. The molecule has 110 valence electrons. The van der Waals surface area contributed by atoms with Crippen LogP contribution in [0.15, 0.2) is 41.6 Å². The van der Waals surface area contributed by atoms with Crippen LogP contribution in [0.1, 0.15) is 11.1 Å². The molecule has 0 aliphatic rings. The van der Waals surface area contributed by atoms with E-state index in [0.29, 0.717) is 16.8 Å². The van der Waals surface area contributed by atoms with E-state index in [1.165, 1.54) is 30.6 Å². The van der Waals surface area contributed by atoms with Crippen LogP contribution < -0.4 is 4.72 Å². The predicted molar refractivity (Wildman–Crippen MR) is 77.2 cm³/mol. The summed E-state index contributed by atoms with van der Waals surface area (Å²) in [6.45, 7) is 1.71. The first-order valence-corrected chi connectivity index (χ1v) is 7.40. The van der Waals surface area contributed by atoms with Crippen molar-refractivity contribution in [2.75, 3.05) is 4.72 Å². The fraction of sp³-hybridized carbons (Fsp3) is 0.0769. The monoisotopic (exact) mass is 307 g/mol. The number of carboxylic acid groups (broad SMARTS) is 1. The Morgan fingerprint density at radius 3 is 2.76 bits per heavy atom. The third kappa shape index (κ3) is 3.69. The molecule has 0 aliphatic carbocycles. The highest BCUT2D eigenvalue weighted by molar-refractivity contribution is 7.92. The van der Waals surface area contributed by atoms with E-state index in [1.807, 2.05) is 0 Å². The molecule has 0 radical (unpaired) electrons. The summed E-state index contributed by atoms with van der Waals surface area (Å²) in [5, 5.41) is 14.8. The molecule has 1 heterocycles. The van der Waals surface area contributed by atoms with Gasteiger partial charge in [0.1, 0.15) is 0 Å². The molecule has 7 nitrogen and oxygen atoms in total. The molecule has 0 unspecified atom stereocenters. The minimum atomic E-state index is -3.70. The molecule has 3 N–H and O–H groups in total. The van der Waals surface area contributed by atoms with E-state index in [-0.39, 0.29) is 4.90 Å². The molecule has 1 aromatic carbocycles. The molecule has 0 atom stereocenters. The number of aromatic nitrogens is 2. The Balaban J connectivity index is 2.29. The quantitative estimate of drug-likeness (QED) is 0.727. The van der Waals surface area contributed by atoms with Gasteiger partial charge in [-0.25, -0.2) is 13.2 Å². The first-order valence-electron chi connectivity index (χ1n) is 5.92. The Kier molecular flexibility index (Phi) is 4.08. The van der Waals surface area contributed by atoms with Gasteiger partial charge in [-0.3, -0.25) is 9.82 Å². The largest absolute Gasteiger partial charge is 0.478 e. The zero-order chi connectivity index (χ0) is 15.5. The van der Waals surface area contributed by atoms with Crippen LogP contribution in [0, 0.1) is 6.92 Å². The molecule has 2 rings (SSSR count). The van der Waals surface area contributed by atoms with Gasteiger partial charge in [-0.1, -0.05) is 6.07 Å². The number of carboxylic acids is 1. The fourth-order valence-corrected chi connectivity index (χ4v) is 2.80. The molecule has 8 heteroatoms. The molecular formula is C13H13N3O4S. The van der Waals surface area contributed by atoms with Gasteiger partial charge >= 0.3 is 5.97 Å². The summed E-state index contributed by atoms with van der Waals surface area (Å²) < 4.78 is 26.7. The Morgan fingerprint density at radius 1 is 1.43 bits per heavy atom. The second kappa shape index (κ2) is 5.80. The molecule has 0 bridgehead atoms. The van der Waals surface area contributed by atoms with Crippen LogP contribution >= 0.6 is 0 Å². The van der Waals surface area contributed by atoms with Crippen molar-refractivity contribution in [3.05, 3.63) is 47.8 Å². The number of aromatic amines is 1. The molecule has 0 saturated heterocycles. The third-order valence-corrected chi connectivity index (χ3v) is 4.09. The molecular weight excluding hydrogens is 294 g/mol. The van der Waals surface area contributed by atoms with Crippen molar-refractivity contribution in [2.45, 2.75) is 11.8 Å². The maximum Gasteiger partial charge on any atom is 0.328 e. The SMILES string of the molecule is Cc1cc(S(=O)(=O)Nc2cn[nH]c2)ccc1C=CC(=O)O. The topological polar surface area (TPSA) is 112 Å². The van der Waals surface area contributed by atoms with Crippen molar-refractivity contribution < 1.29 is 18.3 Å². The number of H-pyrrole nitrogens is 1. The number of hydrogen-bond donors (Lipinski definition) is 3. The van der Waals surface area contributed by atoms with Crippen LogP contribution in [0.3, 0.4) is 0 Å². The first-order chi connectivity index (χ1) is 9.88. The first kappa shape index (κ1) is 14.8. The summed E-state index contributed by atoms with van der Waals surface area (Å²) >= 11 is 0. The highest BCUT2D eigenvalue weighted by Gasteiger charge is 2.15. The van der Waals surface area contributed by atoms with Gasteiger partial charge in [0.05, 0.1) is 16.8 Å². The van der Waals surface area contributed by atoms with E-state index in [2.05, 4.69) is 14.9 Å². The number of anilines is 1. The smallest absolute Gasteiger partial charge is 0.328 e. The zero-order valence-electron chi connectivity index (χ0n) is 11.1. The van der Waals surface area contributed by atoms with Crippen molar-refractivity contribution in [2.24, 2.45) is 0 Å². The van der Waals surface area contributed by atoms with Crippen molar-refractivity contribution in [3.8, 4) is 0 Å². The number of benzene rings is 1. The second-order valence-corrected chi connectivity index (χ2v) is 5.96. The van der Waals surface area contributed by atoms with Crippen molar-refractivity contribution in [1.29, 1.82) is 0 Å². The third-order valence-electron chi connectivity index (χ3n) is 2.71. The van der Waals surface area contributed by atoms with Gasteiger partial charge in [-0.2, -0.15) is 5.10 Å². The van der Waals surface area contributed by atoms with Gasteiger partial charge in [0.2, 0.25) is 0 Å². The number of aryl methyl sites for hydroxylation is 1.